The van der Waals surface area contributed by atoms with Crippen LogP contribution in [0.4, 0.5) is 10.1 Å². The highest BCUT2D eigenvalue weighted by Gasteiger charge is 2.36. The molecule has 2 amide bonds. The zero-order valence-corrected chi connectivity index (χ0v) is 13.8. The number of carbonyl (C=O) groups excluding carboxylic acids is 2. The molecule has 0 aromatic heterocycles. The van der Waals surface area contributed by atoms with Crippen molar-refractivity contribution in [3.8, 4) is 0 Å². The van der Waals surface area contributed by atoms with Crippen molar-refractivity contribution in [2.24, 2.45) is 0 Å². The Kier molecular flexibility index (Phi) is 4.53. The highest BCUT2D eigenvalue weighted by atomic mass is 35.5. The molecule has 3 rings (SSSR count). The summed E-state index contributed by atoms with van der Waals surface area (Å²) in [6.45, 7) is 2.27. The SMILES string of the molecule is CC1C(=O)N(c2ccccc2Cl)CCN1C(=O)c1ccccc1F. The van der Waals surface area contributed by atoms with E-state index in [-0.39, 0.29) is 11.5 Å². The summed E-state index contributed by atoms with van der Waals surface area (Å²) in [6.07, 6.45) is 0. The van der Waals surface area contributed by atoms with E-state index in [0.29, 0.717) is 23.8 Å². The fourth-order valence-corrected chi connectivity index (χ4v) is 3.08. The number of hydrogen-bond acceptors (Lipinski definition) is 2. The van der Waals surface area contributed by atoms with Gasteiger partial charge in [0.05, 0.1) is 16.3 Å². The molecular formula is C18H16ClFN2O2. The first-order chi connectivity index (χ1) is 11.5. The van der Waals surface area contributed by atoms with Crippen LogP contribution in [-0.4, -0.2) is 35.8 Å². The van der Waals surface area contributed by atoms with Crippen LogP contribution in [0, 0.1) is 5.82 Å². The predicted octanol–water partition coefficient (Wildman–Crippen LogP) is 3.36. The molecule has 2 aromatic carbocycles. The van der Waals surface area contributed by atoms with Gasteiger partial charge >= 0.3 is 0 Å². The maximum absolute atomic E-state index is 13.9. The molecule has 1 aliphatic rings. The quantitative estimate of drug-likeness (QED) is 0.836. The van der Waals surface area contributed by atoms with Gasteiger partial charge in [-0.25, -0.2) is 4.39 Å². The van der Waals surface area contributed by atoms with Crippen LogP contribution in [0.5, 0.6) is 0 Å². The summed E-state index contributed by atoms with van der Waals surface area (Å²) in [6, 6.07) is 12.2. The number of nitrogens with zero attached hydrogens (tertiary/aromatic N) is 2. The van der Waals surface area contributed by atoms with Gasteiger partial charge < -0.3 is 9.80 Å². The van der Waals surface area contributed by atoms with Crippen LogP contribution in [-0.2, 0) is 4.79 Å². The molecule has 0 saturated carbocycles. The largest absolute Gasteiger partial charge is 0.325 e. The Morgan fingerprint density at radius 2 is 1.79 bits per heavy atom. The van der Waals surface area contributed by atoms with Crippen LogP contribution in [0.1, 0.15) is 17.3 Å². The molecule has 0 spiro atoms. The van der Waals surface area contributed by atoms with Gasteiger partial charge in [0.1, 0.15) is 11.9 Å². The number of rotatable bonds is 2. The van der Waals surface area contributed by atoms with E-state index in [2.05, 4.69) is 0 Å². The normalized spacial score (nSPS) is 18.0. The van der Waals surface area contributed by atoms with Crippen molar-refractivity contribution in [1.29, 1.82) is 0 Å². The summed E-state index contributed by atoms with van der Waals surface area (Å²) >= 11 is 6.16. The molecule has 24 heavy (non-hydrogen) atoms. The van der Waals surface area contributed by atoms with Gasteiger partial charge in [-0.2, -0.15) is 0 Å². The monoisotopic (exact) mass is 346 g/mol. The van der Waals surface area contributed by atoms with E-state index >= 15 is 0 Å². The number of para-hydroxylation sites is 1. The lowest BCUT2D eigenvalue weighted by Crippen LogP contribution is -2.58. The zero-order chi connectivity index (χ0) is 17.3. The molecule has 0 N–H and O–H groups in total. The Morgan fingerprint density at radius 3 is 2.50 bits per heavy atom. The second-order valence-corrected chi connectivity index (χ2v) is 6.00. The highest BCUT2D eigenvalue weighted by Crippen LogP contribution is 2.28. The number of anilines is 1. The Labute approximate surface area is 144 Å². The van der Waals surface area contributed by atoms with Crippen molar-refractivity contribution >= 4 is 29.1 Å². The third-order valence-electron chi connectivity index (χ3n) is 4.16. The molecule has 0 radical (unpaired) electrons. The van der Waals surface area contributed by atoms with Gasteiger partial charge in [0.25, 0.3) is 5.91 Å². The molecule has 1 heterocycles. The average molecular weight is 347 g/mol. The summed E-state index contributed by atoms with van der Waals surface area (Å²) < 4.78 is 13.9. The first-order valence-electron chi connectivity index (χ1n) is 7.62. The smallest absolute Gasteiger partial charge is 0.257 e. The summed E-state index contributed by atoms with van der Waals surface area (Å²) in [5.41, 5.74) is 0.595. The van der Waals surface area contributed by atoms with Gasteiger partial charge in [0.2, 0.25) is 5.91 Å². The minimum atomic E-state index is -0.692. The molecule has 124 valence electrons. The number of carbonyl (C=O) groups is 2. The van der Waals surface area contributed by atoms with Crippen LogP contribution >= 0.6 is 11.6 Å². The fraction of sp³-hybridized carbons (Fsp3) is 0.222. The van der Waals surface area contributed by atoms with E-state index in [4.69, 9.17) is 11.6 Å². The lowest BCUT2D eigenvalue weighted by molar-refractivity contribution is -0.124. The van der Waals surface area contributed by atoms with Crippen molar-refractivity contribution in [3.63, 3.8) is 0 Å². The third kappa shape index (κ3) is 2.87. The summed E-state index contributed by atoms with van der Waals surface area (Å²) in [4.78, 5) is 28.2. The molecule has 0 aliphatic carbocycles. The van der Waals surface area contributed by atoms with Crippen molar-refractivity contribution in [1.82, 2.24) is 4.90 Å². The second-order valence-electron chi connectivity index (χ2n) is 5.60. The minimum Gasteiger partial charge on any atom is -0.325 e. The van der Waals surface area contributed by atoms with Crippen LogP contribution in [0.15, 0.2) is 48.5 Å². The maximum Gasteiger partial charge on any atom is 0.257 e. The van der Waals surface area contributed by atoms with Gasteiger partial charge in [0, 0.05) is 13.1 Å². The van der Waals surface area contributed by atoms with Crippen molar-refractivity contribution in [3.05, 3.63) is 64.9 Å². The molecule has 6 heteroatoms. The Hall–Kier alpha value is -2.40. The number of piperazine rings is 1. The van der Waals surface area contributed by atoms with Crippen LogP contribution in [0.3, 0.4) is 0 Å². The highest BCUT2D eigenvalue weighted by molar-refractivity contribution is 6.33. The minimum absolute atomic E-state index is 0.0247. The van der Waals surface area contributed by atoms with Gasteiger partial charge in [-0.1, -0.05) is 35.9 Å². The molecule has 2 aromatic rings. The zero-order valence-electron chi connectivity index (χ0n) is 13.1. The first kappa shape index (κ1) is 16.5. The van der Waals surface area contributed by atoms with E-state index in [9.17, 15) is 14.0 Å². The topological polar surface area (TPSA) is 40.6 Å². The summed E-state index contributed by atoms with van der Waals surface area (Å²) in [5.74, 6) is -1.30. The Morgan fingerprint density at radius 1 is 1.12 bits per heavy atom. The maximum atomic E-state index is 13.9. The van der Waals surface area contributed by atoms with Crippen molar-refractivity contribution in [2.45, 2.75) is 13.0 Å². The lowest BCUT2D eigenvalue weighted by Gasteiger charge is -2.39. The van der Waals surface area contributed by atoms with E-state index in [1.54, 1.807) is 42.2 Å². The van der Waals surface area contributed by atoms with Gasteiger partial charge in [-0.15, -0.1) is 0 Å². The van der Waals surface area contributed by atoms with Crippen molar-refractivity contribution in [2.75, 3.05) is 18.0 Å². The van der Waals surface area contributed by atoms with Gasteiger partial charge in [-0.05, 0) is 31.2 Å². The molecule has 1 saturated heterocycles. The lowest BCUT2D eigenvalue weighted by atomic mass is 10.1. The van der Waals surface area contributed by atoms with E-state index in [1.807, 2.05) is 0 Å². The fourth-order valence-electron chi connectivity index (χ4n) is 2.85. The molecule has 1 fully saturated rings. The van der Waals surface area contributed by atoms with E-state index in [1.165, 1.54) is 23.1 Å². The molecule has 1 unspecified atom stereocenters. The number of benzene rings is 2. The third-order valence-corrected chi connectivity index (χ3v) is 4.48. The van der Waals surface area contributed by atoms with Crippen molar-refractivity contribution < 1.29 is 14.0 Å². The van der Waals surface area contributed by atoms with Crippen LogP contribution in [0.2, 0.25) is 5.02 Å². The molecule has 1 atom stereocenters. The Bertz CT molecular complexity index is 796. The van der Waals surface area contributed by atoms with E-state index < -0.39 is 17.8 Å². The second kappa shape index (κ2) is 6.61. The molecule has 0 bridgehead atoms. The molecule has 4 nitrogen and oxygen atoms in total. The van der Waals surface area contributed by atoms with Gasteiger partial charge in [-0.3, -0.25) is 9.59 Å². The van der Waals surface area contributed by atoms with Gasteiger partial charge in [0.15, 0.2) is 0 Å². The number of halogens is 2. The van der Waals surface area contributed by atoms with E-state index in [0.717, 1.165) is 0 Å². The average Bonchev–Trinajstić information content (AvgIpc) is 2.58. The Balaban J connectivity index is 1.84. The predicted molar refractivity (Wildman–Crippen MR) is 90.7 cm³/mol. The van der Waals surface area contributed by atoms with Crippen LogP contribution in [0.25, 0.3) is 0 Å². The standard InChI is InChI=1S/C18H16ClFN2O2/c1-12-17(23)22(16-9-5-3-7-14(16)19)11-10-21(12)18(24)13-6-2-4-8-15(13)20/h2-9,12H,10-11H2,1H3. The first-order valence-corrected chi connectivity index (χ1v) is 8.00. The number of hydrogen-bond donors (Lipinski definition) is 0. The molecule has 1 aliphatic heterocycles. The molecular weight excluding hydrogens is 331 g/mol. The summed E-state index contributed by atoms with van der Waals surface area (Å²) in [7, 11) is 0. The number of amides is 2. The summed E-state index contributed by atoms with van der Waals surface area (Å²) in [5, 5.41) is 0.479. The van der Waals surface area contributed by atoms with Crippen LogP contribution < -0.4 is 4.90 Å².